The molecule has 1 aromatic rings. The van der Waals surface area contributed by atoms with Crippen LogP contribution in [0.4, 0.5) is 0 Å². The molecule has 1 atom stereocenters. The molecule has 0 fully saturated rings. The van der Waals surface area contributed by atoms with Crippen LogP contribution in [-0.4, -0.2) is 6.16 Å². The van der Waals surface area contributed by atoms with Gasteiger partial charge in [0.25, 0.3) is 0 Å². The second kappa shape index (κ2) is 5.70. The van der Waals surface area contributed by atoms with E-state index in [2.05, 4.69) is 37.3 Å². The third-order valence-corrected chi connectivity index (χ3v) is 6.72. The average molecular weight is 186 g/mol. The molecule has 11 heavy (non-hydrogen) atoms. The molecule has 0 heterocycles. The molecule has 1 aromatic carbocycles. The number of benzene rings is 1. The van der Waals surface area contributed by atoms with Crippen molar-refractivity contribution in [3.8, 4) is 0 Å². The molecule has 62 valence electrons. The molecule has 1 unspecified atom stereocenters. The van der Waals surface area contributed by atoms with Crippen LogP contribution >= 0.6 is 16.5 Å². The predicted octanol–water partition coefficient (Wildman–Crippen LogP) is 2.46. The second-order valence-corrected chi connectivity index (χ2v) is 7.35. The summed E-state index contributed by atoms with van der Waals surface area (Å²) >= 11 is 0. The first kappa shape index (κ1) is 9.17. The van der Waals surface area contributed by atoms with Crippen LogP contribution in [0.2, 0.25) is 0 Å². The van der Waals surface area contributed by atoms with E-state index in [4.69, 9.17) is 0 Å². The van der Waals surface area contributed by atoms with Gasteiger partial charge in [-0.2, -0.15) is 0 Å². The van der Waals surface area contributed by atoms with Crippen LogP contribution in [0.3, 0.4) is 0 Å². The Morgan fingerprint density at radius 2 is 2.00 bits per heavy atom. The quantitative estimate of drug-likeness (QED) is 0.500. The van der Waals surface area contributed by atoms with Gasteiger partial charge in [-0.15, -0.1) is 0 Å². The third-order valence-electron chi connectivity index (χ3n) is 1.63. The molecule has 0 spiro atoms. The zero-order chi connectivity index (χ0) is 7.94. The van der Waals surface area contributed by atoms with Crippen molar-refractivity contribution in [2.24, 2.45) is 0 Å². The molecule has 0 amide bonds. The molecule has 0 nitrogen and oxygen atoms in total. The molecule has 0 aliphatic carbocycles. The van der Waals surface area contributed by atoms with Crippen LogP contribution in [0.15, 0.2) is 30.3 Å². The summed E-state index contributed by atoms with van der Waals surface area (Å²) in [5, 5.41) is 1.56. The van der Waals surface area contributed by atoms with Gasteiger partial charge in [0.15, 0.2) is 0 Å². The van der Waals surface area contributed by atoms with Crippen molar-refractivity contribution in [2.45, 2.75) is 13.3 Å². The van der Waals surface area contributed by atoms with Crippen LogP contribution in [0.25, 0.3) is 0 Å². The zero-order valence-electron chi connectivity index (χ0n) is 7.01. The first-order valence-corrected chi connectivity index (χ1v) is 8.55. The van der Waals surface area contributed by atoms with Gasteiger partial charge in [-0.05, 0) is 0 Å². The van der Waals surface area contributed by atoms with E-state index in [0.29, 0.717) is 0 Å². The third kappa shape index (κ3) is 3.85. The number of rotatable bonds is 4. The monoisotopic (exact) mass is 186 g/mol. The Labute approximate surface area is 72.3 Å². The molecule has 2 heteroatoms. The van der Waals surface area contributed by atoms with Crippen LogP contribution in [0.5, 0.6) is 0 Å². The Morgan fingerprint density at radius 3 is 2.64 bits per heavy atom. The SMILES string of the molecule is CCC[PH3]Pc1ccccc1. The maximum atomic E-state index is 2.28. The summed E-state index contributed by atoms with van der Waals surface area (Å²) in [5.74, 6) is 0. The Bertz CT molecular complexity index is 184. The summed E-state index contributed by atoms with van der Waals surface area (Å²) < 4.78 is 0. The Kier molecular flexibility index (Phi) is 4.75. The van der Waals surface area contributed by atoms with E-state index in [1.165, 1.54) is 12.6 Å². The molecule has 0 saturated heterocycles. The fourth-order valence-corrected chi connectivity index (χ4v) is 5.38. The van der Waals surface area contributed by atoms with E-state index in [9.17, 15) is 0 Å². The molecular weight excluding hydrogens is 170 g/mol. The van der Waals surface area contributed by atoms with Gasteiger partial charge in [0.1, 0.15) is 0 Å². The van der Waals surface area contributed by atoms with Gasteiger partial charge in [-0.25, -0.2) is 0 Å². The van der Waals surface area contributed by atoms with E-state index in [1.807, 2.05) is 0 Å². The van der Waals surface area contributed by atoms with Crippen molar-refractivity contribution in [3.05, 3.63) is 30.3 Å². The minimum absolute atomic E-state index is 0.241. The Morgan fingerprint density at radius 1 is 1.27 bits per heavy atom. The van der Waals surface area contributed by atoms with E-state index in [0.717, 1.165) is 8.27 Å². The topological polar surface area (TPSA) is 0 Å². The van der Waals surface area contributed by atoms with Crippen molar-refractivity contribution in [1.29, 1.82) is 0 Å². The fourth-order valence-electron chi connectivity index (χ4n) is 0.966. The van der Waals surface area contributed by atoms with E-state index in [1.54, 1.807) is 5.30 Å². The molecule has 0 saturated carbocycles. The van der Waals surface area contributed by atoms with E-state index in [-0.39, 0.29) is 8.27 Å². The molecule has 0 aliphatic heterocycles. The molecule has 0 aliphatic rings. The van der Waals surface area contributed by atoms with Crippen molar-refractivity contribution in [2.75, 3.05) is 6.16 Å². The summed E-state index contributed by atoms with van der Waals surface area (Å²) in [6.07, 6.45) is 2.89. The van der Waals surface area contributed by atoms with E-state index < -0.39 is 0 Å². The van der Waals surface area contributed by atoms with Crippen molar-refractivity contribution in [3.63, 3.8) is 0 Å². The minimum atomic E-state index is 0.241. The number of hydrogen-bond donors (Lipinski definition) is 0. The van der Waals surface area contributed by atoms with Crippen LogP contribution in [0.1, 0.15) is 13.3 Å². The maximum absolute atomic E-state index is 2.28. The predicted molar refractivity (Wildman–Crippen MR) is 60.7 cm³/mol. The van der Waals surface area contributed by atoms with Gasteiger partial charge in [-0.1, -0.05) is 0 Å². The van der Waals surface area contributed by atoms with Crippen molar-refractivity contribution in [1.82, 2.24) is 0 Å². The van der Waals surface area contributed by atoms with Gasteiger partial charge in [0.05, 0.1) is 0 Å². The Hall–Kier alpha value is 0.0800. The number of hydrogen-bond acceptors (Lipinski definition) is 0. The van der Waals surface area contributed by atoms with Crippen LogP contribution in [0, 0.1) is 0 Å². The molecule has 0 radical (unpaired) electrons. The summed E-state index contributed by atoms with van der Waals surface area (Å²) in [6, 6.07) is 10.9. The summed E-state index contributed by atoms with van der Waals surface area (Å²) in [7, 11) is 1.39. The fraction of sp³-hybridized carbons (Fsp3) is 0.333. The van der Waals surface area contributed by atoms with Crippen LogP contribution < -0.4 is 5.30 Å². The molecule has 0 bridgehead atoms. The Balaban J connectivity index is 2.28. The zero-order valence-corrected chi connectivity index (χ0v) is 9.42. The molecular formula is C9H16P2. The van der Waals surface area contributed by atoms with Crippen molar-refractivity contribution >= 4 is 21.8 Å². The van der Waals surface area contributed by atoms with Crippen molar-refractivity contribution < 1.29 is 0 Å². The second-order valence-electron chi connectivity index (χ2n) is 2.65. The molecule has 0 aromatic heterocycles. The van der Waals surface area contributed by atoms with Gasteiger partial charge in [-0.3, -0.25) is 0 Å². The molecule has 0 N–H and O–H groups in total. The average Bonchev–Trinajstić information content (AvgIpc) is 2.07. The van der Waals surface area contributed by atoms with Gasteiger partial charge in [0, 0.05) is 0 Å². The van der Waals surface area contributed by atoms with Gasteiger partial charge < -0.3 is 0 Å². The van der Waals surface area contributed by atoms with Gasteiger partial charge >= 0.3 is 71.7 Å². The standard InChI is InChI=1S/C9H16P2/c1-2-8-10-11-9-6-4-3-5-7-9/h3-7,11H,2,8H2,1,10H3. The summed E-state index contributed by atoms with van der Waals surface area (Å²) in [6.45, 7) is 2.28. The summed E-state index contributed by atoms with van der Waals surface area (Å²) in [5.41, 5.74) is 0. The molecule has 1 rings (SSSR count). The van der Waals surface area contributed by atoms with Crippen LogP contribution in [-0.2, 0) is 0 Å². The van der Waals surface area contributed by atoms with E-state index >= 15 is 0 Å². The first-order chi connectivity index (χ1) is 5.43. The summed E-state index contributed by atoms with van der Waals surface area (Å²) in [4.78, 5) is 0. The first-order valence-electron chi connectivity index (χ1n) is 4.22. The van der Waals surface area contributed by atoms with Gasteiger partial charge in [0.2, 0.25) is 0 Å². The normalized spacial score (nSPS) is 11.4.